The highest BCUT2D eigenvalue weighted by atomic mass is 127. The molecule has 2 rings (SSSR count). The van der Waals surface area contributed by atoms with Gasteiger partial charge in [0.05, 0.1) is 25.6 Å². The van der Waals surface area contributed by atoms with Crippen LogP contribution in [0.5, 0.6) is 0 Å². The first-order valence-corrected chi connectivity index (χ1v) is 5.38. The quantitative estimate of drug-likeness (QED) is 0.499. The summed E-state index contributed by atoms with van der Waals surface area (Å²) in [5, 5.41) is 6.28. The largest absolute Gasteiger partial charge is 0.467 e. The summed E-state index contributed by atoms with van der Waals surface area (Å²) in [7, 11) is 1.72. The molecule has 5 nitrogen and oxygen atoms in total. The first kappa shape index (κ1) is 14.6. The molecule has 2 N–H and O–H groups in total. The van der Waals surface area contributed by atoms with Crippen molar-refractivity contribution in [1.29, 1.82) is 0 Å². The summed E-state index contributed by atoms with van der Waals surface area (Å²) in [5.74, 6) is 2.44. The van der Waals surface area contributed by atoms with Gasteiger partial charge in [0.1, 0.15) is 11.5 Å². The highest BCUT2D eigenvalue weighted by molar-refractivity contribution is 14.0. The van der Waals surface area contributed by atoms with Gasteiger partial charge in [-0.25, -0.2) is 0 Å². The Balaban J connectivity index is 0.00000162. The van der Waals surface area contributed by atoms with Gasteiger partial charge >= 0.3 is 0 Å². The second kappa shape index (κ2) is 7.80. The lowest BCUT2D eigenvalue weighted by Gasteiger charge is -2.09. The van der Waals surface area contributed by atoms with Crippen molar-refractivity contribution in [2.75, 3.05) is 7.05 Å². The third kappa shape index (κ3) is 4.44. The van der Waals surface area contributed by atoms with E-state index in [4.69, 9.17) is 8.83 Å². The smallest absolute Gasteiger partial charge is 0.191 e. The Bertz CT molecular complexity index is 411. The van der Waals surface area contributed by atoms with Crippen LogP contribution < -0.4 is 10.6 Å². The summed E-state index contributed by atoms with van der Waals surface area (Å²) in [6.07, 6.45) is 3.30. The minimum atomic E-state index is 0. The summed E-state index contributed by atoms with van der Waals surface area (Å²) in [5.41, 5.74) is 0. The third-order valence-electron chi connectivity index (χ3n) is 2.24. The molecule has 2 heterocycles. The summed E-state index contributed by atoms with van der Waals surface area (Å²) in [6.45, 7) is 1.20. The maximum atomic E-state index is 5.21. The van der Waals surface area contributed by atoms with E-state index in [1.54, 1.807) is 19.6 Å². The Morgan fingerprint density at radius 1 is 1.06 bits per heavy atom. The molecule has 0 bridgehead atoms. The molecule has 0 atom stereocenters. The van der Waals surface area contributed by atoms with E-state index in [9.17, 15) is 0 Å². The molecule has 0 radical (unpaired) electrons. The number of aliphatic imine (C=N–C) groups is 1. The van der Waals surface area contributed by atoms with E-state index in [0.29, 0.717) is 19.0 Å². The molecule has 6 heteroatoms. The van der Waals surface area contributed by atoms with Crippen LogP contribution in [0.15, 0.2) is 50.6 Å². The summed E-state index contributed by atoms with van der Waals surface area (Å²) < 4.78 is 10.4. The molecule has 2 aromatic rings. The van der Waals surface area contributed by atoms with Gasteiger partial charge in [0.15, 0.2) is 5.96 Å². The van der Waals surface area contributed by atoms with E-state index in [1.165, 1.54) is 0 Å². The van der Waals surface area contributed by atoms with Crippen molar-refractivity contribution in [2.24, 2.45) is 4.99 Å². The number of guanidine groups is 1. The number of furan rings is 2. The van der Waals surface area contributed by atoms with Crippen LogP contribution >= 0.6 is 24.0 Å². The molecule has 0 aliphatic rings. The lowest BCUT2D eigenvalue weighted by Crippen LogP contribution is -2.36. The van der Waals surface area contributed by atoms with Gasteiger partial charge in [-0.3, -0.25) is 4.99 Å². The predicted octanol–water partition coefficient (Wildman–Crippen LogP) is 2.36. The molecular formula is C12H16IN3O2. The zero-order valence-electron chi connectivity index (χ0n) is 10.1. The van der Waals surface area contributed by atoms with Crippen LogP contribution in [0.3, 0.4) is 0 Å². The molecule has 0 saturated carbocycles. The summed E-state index contributed by atoms with van der Waals surface area (Å²) in [4.78, 5) is 4.10. The fraction of sp³-hybridized carbons (Fsp3) is 0.250. The first-order chi connectivity index (χ1) is 8.38. The van der Waals surface area contributed by atoms with Gasteiger partial charge in [-0.15, -0.1) is 24.0 Å². The Hall–Kier alpha value is -1.44. The van der Waals surface area contributed by atoms with E-state index in [1.807, 2.05) is 24.3 Å². The standard InChI is InChI=1S/C12H15N3O2.HI/c1-13-12(14-8-10-4-2-6-16-10)15-9-11-5-3-7-17-11;/h2-7H,8-9H2,1H3,(H2,13,14,15);1H. The van der Waals surface area contributed by atoms with E-state index < -0.39 is 0 Å². The minimum Gasteiger partial charge on any atom is -0.467 e. The fourth-order valence-electron chi connectivity index (χ4n) is 1.39. The van der Waals surface area contributed by atoms with Crippen LogP contribution in [0, 0.1) is 0 Å². The van der Waals surface area contributed by atoms with Crippen LogP contribution in [0.25, 0.3) is 0 Å². The monoisotopic (exact) mass is 361 g/mol. The van der Waals surface area contributed by atoms with Crippen LogP contribution in [-0.4, -0.2) is 13.0 Å². The van der Waals surface area contributed by atoms with Crippen molar-refractivity contribution in [3.05, 3.63) is 48.3 Å². The van der Waals surface area contributed by atoms with E-state index in [2.05, 4.69) is 15.6 Å². The highest BCUT2D eigenvalue weighted by Gasteiger charge is 2.01. The van der Waals surface area contributed by atoms with Crippen molar-refractivity contribution >= 4 is 29.9 Å². The van der Waals surface area contributed by atoms with Gasteiger partial charge in [0.2, 0.25) is 0 Å². The number of hydrogen-bond donors (Lipinski definition) is 2. The van der Waals surface area contributed by atoms with Crippen molar-refractivity contribution in [3.8, 4) is 0 Å². The number of nitrogens with one attached hydrogen (secondary N) is 2. The number of halogens is 1. The maximum Gasteiger partial charge on any atom is 0.191 e. The predicted molar refractivity (Wildman–Crippen MR) is 79.9 cm³/mol. The lowest BCUT2D eigenvalue weighted by molar-refractivity contribution is 0.493. The second-order valence-corrected chi connectivity index (χ2v) is 3.44. The number of nitrogens with zero attached hydrogens (tertiary/aromatic N) is 1. The molecule has 0 aliphatic heterocycles. The van der Waals surface area contributed by atoms with Crippen LogP contribution in [0.1, 0.15) is 11.5 Å². The Kier molecular flexibility index (Phi) is 6.34. The molecule has 0 aliphatic carbocycles. The normalized spacial score (nSPS) is 9.39. The van der Waals surface area contributed by atoms with Crippen molar-refractivity contribution in [2.45, 2.75) is 13.1 Å². The number of rotatable bonds is 4. The van der Waals surface area contributed by atoms with Crippen LogP contribution in [-0.2, 0) is 13.1 Å². The number of hydrogen-bond acceptors (Lipinski definition) is 3. The van der Waals surface area contributed by atoms with Crippen LogP contribution in [0.4, 0.5) is 0 Å². The van der Waals surface area contributed by atoms with Crippen LogP contribution in [0.2, 0.25) is 0 Å². The van der Waals surface area contributed by atoms with Gasteiger partial charge < -0.3 is 19.5 Å². The molecule has 0 unspecified atom stereocenters. The average molecular weight is 361 g/mol. The Labute approximate surface area is 123 Å². The Morgan fingerprint density at radius 2 is 1.56 bits per heavy atom. The zero-order valence-corrected chi connectivity index (χ0v) is 12.4. The highest BCUT2D eigenvalue weighted by Crippen LogP contribution is 1.99. The molecule has 18 heavy (non-hydrogen) atoms. The molecular weight excluding hydrogens is 345 g/mol. The maximum absolute atomic E-state index is 5.21. The third-order valence-corrected chi connectivity index (χ3v) is 2.24. The average Bonchev–Trinajstić information content (AvgIpc) is 3.02. The SMILES string of the molecule is CN=C(NCc1ccco1)NCc1ccco1.I. The van der Waals surface area contributed by atoms with Crippen molar-refractivity contribution < 1.29 is 8.83 Å². The van der Waals surface area contributed by atoms with Gasteiger partial charge in [0.25, 0.3) is 0 Å². The topological polar surface area (TPSA) is 62.7 Å². The minimum absolute atomic E-state index is 0. The molecule has 0 fully saturated rings. The second-order valence-electron chi connectivity index (χ2n) is 3.44. The fourth-order valence-corrected chi connectivity index (χ4v) is 1.39. The van der Waals surface area contributed by atoms with Crippen molar-refractivity contribution in [3.63, 3.8) is 0 Å². The molecule has 0 amide bonds. The Morgan fingerprint density at radius 3 is 1.89 bits per heavy atom. The van der Waals surface area contributed by atoms with E-state index >= 15 is 0 Å². The molecule has 2 aromatic heterocycles. The van der Waals surface area contributed by atoms with Gasteiger partial charge in [0, 0.05) is 7.05 Å². The van der Waals surface area contributed by atoms with Gasteiger partial charge in [-0.2, -0.15) is 0 Å². The zero-order chi connectivity index (χ0) is 11.9. The van der Waals surface area contributed by atoms with E-state index in [0.717, 1.165) is 11.5 Å². The molecule has 0 saturated heterocycles. The lowest BCUT2D eigenvalue weighted by atomic mass is 10.4. The van der Waals surface area contributed by atoms with Gasteiger partial charge in [-0.05, 0) is 24.3 Å². The summed E-state index contributed by atoms with van der Waals surface area (Å²) in [6, 6.07) is 7.53. The van der Waals surface area contributed by atoms with E-state index in [-0.39, 0.29) is 24.0 Å². The molecule has 0 aromatic carbocycles. The molecule has 0 spiro atoms. The first-order valence-electron chi connectivity index (χ1n) is 5.38. The summed E-state index contributed by atoms with van der Waals surface area (Å²) >= 11 is 0. The molecule has 98 valence electrons. The van der Waals surface area contributed by atoms with Gasteiger partial charge in [-0.1, -0.05) is 0 Å². The van der Waals surface area contributed by atoms with Crippen molar-refractivity contribution in [1.82, 2.24) is 10.6 Å².